The highest BCUT2D eigenvalue weighted by Gasteiger charge is 2.40. The van der Waals surface area contributed by atoms with Crippen molar-refractivity contribution in [3.63, 3.8) is 0 Å². The van der Waals surface area contributed by atoms with Gasteiger partial charge in [0.2, 0.25) is 0 Å². The molecule has 2 rings (SSSR count). The molecule has 0 radical (unpaired) electrons. The van der Waals surface area contributed by atoms with Crippen molar-refractivity contribution in [2.45, 2.75) is 19.3 Å². The summed E-state index contributed by atoms with van der Waals surface area (Å²) >= 11 is 0. The number of benzene rings is 1. The molecule has 0 spiro atoms. The number of hydrogen-bond acceptors (Lipinski definition) is 1. The monoisotopic (exact) mass is 197 g/mol. The molecule has 0 aromatic heterocycles. The standard InChI is InChI=1S/C11H13F2N/c1-6-2-9(12)11(10(13)3-6)8-4-7(8)5-14/h2-3,7-8H,4-5,14H2,1H3. The van der Waals surface area contributed by atoms with Crippen LogP contribution in [0.3, 0.4) is 0 Å². The van der Waals surface area contributed by atoms with Gasteiger partial charge in [-0.25, -0.2) is 8.78 Å². The lowest BCUT2D eigenvalue weighted by Gasteiger charge is -2.05. The third kappa shape index (κ3) is 1.52. The van der Waals surface area contributed by atoms with Crippen LogP contribution >= 0.6 is 0 Å². The van der Waals surface area contributed by atoms with Crippen molar-refractivity contribution in [1.29, 1.82) is 0 Å². The van der Waals surface area contributed by atoms with Crippen LogP contribution in [-0.4, -0.2) is 6.54 Å². The van der Waals surface area contributed by atoms with Gasteiger partial charge in [-0.1, -0.05) is 0 Å². The number of halogens is 2. The maximum Gasteiger partial charge on any atom is 0.129 e. The van der Waals surface area contributed by atoms with Gasteiger partial charge in [-0.2, -0.15) is 0 Å². The first kappa shape index (κ1) is 9.59. The highest BCUT2D eigenvalue weighted by atomic mass is 19.1. The molecular formula is C11H13F2N. The summed E-state index contributed by atoms with van der Waals surface area (Å²) in [6.07, 6.45) is 0.813. The number of nitrogens with two attached hydrogens (primary N) is 1. The van der Waals surface area contributed by atoms with E-state index in [1.54, 1.807) is 6.92 Å². The minimum Gasteiger partial charge on any atom is -0.330 e. The minimum atomic E-state index is -0.427. The molecule has 0 aliphatic heterocycles. The van der Waals surface area contributed by atoms with Gasteiger partial charge >= 0.3 is 0 Å². The topological polar surface area (TPSA) is 26.0 Å². The molecule has 76 valence electrons. The van der Waals surface area contributed by atoms with Crippen LogP contribution in [0.1, 0.15) is 23.5 Å². The van der Waals surface area contributed by atoms with Crippen LogP contribution in [0, 0.1) is 24.5 Å². The summed E-state index contributed by atoms with van der Waals surface area (Å²) in [5.74, 6) is -0.589. The molecule has 14 heavy (non-hydrogen) atoms. The van der Waals surface area contributed by atoms with Crippen LogP contribution < -0.4 is 5.73 Å². The fourth-order valence-corrected chi connectivity index (χ4v) is 1.93. The minimum absolute atomic E-state index is 0.000556. The Bertz CT molecular complexity index is 339. The van der Waals surface area contributed by atoms with E-state index in [-0.39, 0.29) is 17.4 Å². The molecule has 1 nitrogen and oxygen atoms in total. The van der Waals surface area contributed by atoms with Crippen molar-refractivity contribution in [1.82, 2.24) is 0 Å². The van der Waals surface area contributed by atoms with Crippen molar-refractivity contribution in [3.05, 3.63) is 34.9 Å². The number of aryl methyl sites for hydroxylation is 1. The molecule has 1 aliphatic carbocycles. The second kappa shape index (κ2) is 3.31. The average molecular weight is 197 g/mol. The first-order valence-corrected chi connectivity index (χ1v) is 4.79. The van der Waals surface area contributed by atoms with E-state index in [1.165, 1.54) is 12.1 Å². The summed E-state index contributed by atoms with van der Waals surface area (Å²) in [5, 5.41) is 0. The lowest BCUT2D eigenvalue weighted by molar-refractivity contribution is 0.550. The largest absolute Gasteiger partial charge is 0.330 e. The van der Waals surface area contributed by atoms with E-state index in [1.807, 2.05) is 0 Å². The van der Waals surface area contributed by atoms with Crippen LogP contribution in [0.5, 0.6) is 0 Å². The normalized spacial score (nSPS) is 25.1. The molecule has 1 saturated carbocycles. The maximum atomic E-state index is 13.4. The predicted molar refractivity (Wildman–Crippen MR) is 51.0 cm³/mol. The van der Waals surface area contributed by atoms with Crippen LogP contribution in [0.15, 0.2) is 12.1 Å². The van der Waals surface area contributed by atoms with Gasteiger partial charge in [0.25, 0.3) is 0 Å². The SMILES string of the molecule is Cc1cc(F)c(C2CC2CN)c(F)c1. The molecule has 3 heteroatoms. The van der Waals surface area contributed by atoms with Gasteiger partial charge < -0.3 is 5.73 Å². The Labute approximate surface area is 81.9 Å². The quantitative estimate of drug-likeness (QED) is 0.773. The Hall–Kier alpha value is -0.960. The summed E-state index contributed by atoms with van der Waals surface area (Å²) in [6, 6.07) is 2.76. The van der Waals surface area contributed by atoms with Gasteiger partial charge in [-0.3, -0.25) is 0 Å². The molecule has 0 bridgehead atoms. The summed E-state index contributed by atoms with van der Waals surface area (Å²) in [5.41, 5.74) is 6.29. The van der Waals surface area contributed by atoms with Gasteiger partial charge in [0.15, 0.2) is 0 Å². The van der Waals surface area contributed by atoms with Crippen molar-refractivity contribution >= 4 is 0 Å². The third-order valence-electron chi connectivity index (χ3n) is 2.82. The van der Waals surface area contributed by atoms with E-state index in [2.05, 4.69) is 0 Å². The van der Waals surface area contributed by atoms with Gasteiger partial charge in [-0.05, 0) is 49.4 Å². The molecule has 0 saturated heterocycles. The lowest BCUT2D eigenvalue weighted by atomic mass is 10.1. The smallest absolute Gasteiger partial charge is 0.129 e. The highest BCUT2D eigenvalue weighted by molar-refractivity contribution is 5.32. The zero-order chi connectivity index (χ0) is 10.3. The van der Waals surface area contributed by atoms with Gasteiger partial charge in [-0.15, -0.1) is 0 Å². The fraction of sp³-hybridized carbons (Fsp3) is 0.455. The van der Waals surface area contributed by atoms with E-state index in [0.717, 1.165) is 6.42 Å². The summed E-state index contributed by atoms with van der Waals surface area (Å²) in [7, 11) is 0. The van der Waals surface area contributed by atoms with Gasteiger partial charge in [0.05, 0.1) is 0 Å². The molecule has 2 atom stereocenters. The molecule has 1 aromatic rings. The Morgan fingerprint density at radius 2 is 1.93 bits per heavy atom. The summed E-state index contributed by atoms with van der Waals surface area (Å²) in [4.78, 5) is 0. The van der Waals surface area contributed by atoms with Gasteiger partial charge in [0.1, 0.15) is 11.6 Å². The number of rotatable bonds is 2. The van der Waals surface area contributed by atoms with Crippen molar-refractivity contribution in [2.75, 3.05) is 6.54 Å². The zero-order valence-corrected chi connectivity index (χ0v) is 8.06. The summed E-state index contributed by atoms with van der Waals surface area (Å²) < 4.78 is 26.9. The number of hydrogen-bond donors (Lipinski definition) is 1. The molecule has 0 amide bonds. The maximum absolute atomic E-state index is 13.4. The molecule has 1 aromatic carbocycles. The Kier molecular flexibility index (Phi) is 2.27. The van der Waals surface area contributed by atoms with Crippen molar-refractivity contribution in [2.24, 2.45) is 11.7 Å². The zero-order valence-electron chi connectivity index (χ0n) is 8.06. The molecule has 2 N–H and O–H groups in total. The molecular weight excluding hydrogens is 184 g/mol. The van der Waals surface area contributed by atoms with E-state index in [4.69, 9.17) is 5.73 Å². The van der Waals surface area contributed by atoms with Crippen LogP contribution in [0.2, 0.25) is 0 Å². The van der Waals surface area contributed by atoms with E-state index in [9.17, 15) is 8.78 Å². The molecule has 1 aliphatic rings. The van der Waals surface area contributed by atoms with Crippen molar-refractivity contribution in [3.8, 4) is 0 Å². The van der Waals surface area contributed by atoms with Crippen LogP contribution in [0.4, 0.5) is 8.78 Å². The highest BCUT2D eigenvalue weighted by Crippen LogP contribution is 2.48. The first-order valence-electron chi connectivity index (χ1n) is 4.79. The van der Waals surface area contributed by atoms with Crippen molar-refractivity contribution < 1.29 is 8.78 Å². The Balaban J connectivity index is 2.34. The summed E-state index contributed by atoms with van der Waals surface area (Å²) in [6.45, 7) is 2.20. The van der Waals surface area contributed by atoms with E-state index < -0.39 is 11.6 Å². The fourth-order valence-electron chi connectivity index (χ4n) is 1.93. The van der Waals surface area contributed by atoms with Gasteiger partial charge in [0, 0.05) is 5.56 Å². The molecule has 0 heterocycles. The van der Waals surface area contributed by atoms with Crippen LogP contribution in [0.25, 0.3) is 0 Å². The molecule has 1 fully saturated rings. The second-order valence-corrected chi connectivity index (χ2v) is 3.98. The Morgan fingerprint density at radius 3 is 2.36 bits per heavy atom. The molecule has 2 unspecified atom stereocenters. The average Bonchev–Trinajstić information content (AvgIpc) is 2.81. The Morgan fingerprint density at radius 1 is 1.36 bits per heavy atom. The van der Waals surface area contributed by atoms with E-state index >= 15 is 0 Å². The first-order chi connectivity index (χ1) is 6.63. The predicted octanol–water partition coefficient (Wildman–Crippen LogP) is 2.34. The lowest BCUT2D eigenvalue weighted by Crippen LogP contribution is -2.04. The van der Waals surface area contributed by atoms with Crippen LogP contribution in [-0.2, 0) is 0 Å². The van der Waals surface area contributed by atoms with E-state index in [0.29, 0.717) is 12.1 Å². The third-order valence-corrected chi connectivity index (χ3v) is 2.82. The second-order valence-electron chi connectivity index (χ2n) is 3.98.